The number of hydrogen-bond acceptors (Lipinski definition) is 2. The van der Waals surface area contributed by atoms with Crippen molar-refractivity contribution in [1.29, 1.82) is 0 Å². The minimum atomic E-state index is -0.490. The summed E-state index contributed by atoms with van der Waals surface area (Å²) in [6.45, 7) is 2.12. The Morgan fingerprint density at radius 2 is 2.00 bits per heavy atom. The maximum atomic E-state index is 12.2. The molecule has 24 heavy (non-hydrogen) atoms. The van der Waals surface area contributed by atoms with Gasteiger partial charge in [-0.25, -0.2) is 4.68 Å². The molecular weight excluding hydrogens is 302 g/mol. The zero-order valence-electron chi connectivity index (χ0n) is 13.4. The molecule has 0 radical (unpaired) electrons. The summed E-state index contributed by atoms with van der Waals surface area (Å²) in [5, 5.41) is 3.11. The van der Waals surface area contributed by atoms with Crippen LogP contribution in [0.3, 0.4) is 0 Å². The highest BCUT2D eigenvalue weighted by Crippen LogP contribution is 2.14. The highest BCUT2D eigenvalue weighted by Gasteiger charge is 2.08. The first-order valence-corrected chi connectivity index (χ1v) is 7.79. The van der Waals surface area contributed by atoms with Gasteiger partial charge in [0.05, 0.1) is 5.69 Å². The van der Waals surface area contributed by atoms with E-state index in [9.17, 15) is 9.59 Å². The van der Waals surface area contributed by atoms with Crippen LogP contribution in [0.5, 0.6) is 0 Å². The van der Waals surface area contributed by atoms with Gasteiger partial charge in [0.15, 0.2) is 0 Å². The Kier molecular flexibility index (Phi) is 4.33. The molecule has 1 aromatic carbocycles. The highest BCUT2D eigenvalue weighted by molar-refractivity contribution is 5.92. The summed E-state index contributed by atoms with van der Waals surface area (Å²) in [7, 11) is 0. The third-order valence-corrected chi connectivity index (χ3v) is 3.92. The fourth-order valence-electron chi connectivity index (χ4n) is 2.59. The van der Waals surface area contributed by atoms with Crippen LogP contribution in [0.25, 0.3) is 5.69 Å². The Hall–Kier alpha value is -3.08. The number of carbonyl (C=O) groups is 1. The van der Waals surface area contributed by atoms with Crippen LogP contribution in [0.2, 0.25) is 0 Å². The fraction of sp³-hybridized carbons (Fsp3) is 0.158. The summed E-state index contributed by atoms with van der Waals surface area (Å²) in [6, 6.07) is 8.18. The van der Waals surface area contributed by atoms with Crippen LogP contribution in [0.1, 0.15) is 23.0 Å². The predicted octanol–water partition coefficient (Wildman–Crippen LogP) is 2.50. The molecule has 0 fully saturated rings. The predicted molar refractivity (Wildman–Crippen MR) is 94.1 cm³/mol. The van der Waals surface area contributed by atoms with Crippen molar-refractivity contribution in [2.45, 2.75) is 13.3 Å². The van der Waals surface area contributed by atoms with Gasteiger partial charge < -0.3 is 5.73 Å². The van der Waals surface area contributed by atoms with Crippen molar-refractivity contribution in [1.82, 2.24) is 9.78 Å². The molecular formula is C19H19N3O2. The van der Waals surface area contributed by atoms with E-state index in [0.717, 1.165) is 11.3 Å². The number of primary amides is 1. The van der Waals surface area contributed by atoms with E-state index in [1.165, 1.54) is 4.68 Å². The van der Waals surface area contributed by atoms with E-state index in [0.29, 0.717) is 23.6 Å². The van der Waals surface area contributed by atoms with E-state index in [-0.39, 0.29) is 5.56 Å². The molecule has 3 rings (SSSR count). The van der Waals surface area contributed by atoms with Crippen molar-refractivity contribution in [3.05, 3.63) is 87.9 Å². The number of aromatic amines is 1. The van der Waals surface area contributed by atoms with Crippen LogP contribution in [-0.4, -0.2) is 15.7 Å². The first-order chi connectivity index (χ1) is 11.5. The highest BCUT2D eigenvalue weighted by atomic mass is 16.1. The van der Waals surface area contributed by atoms with E-state index in [1.54, 1.807) is 30.3 Å². The average molecular weight is 321 g/mol. The molecule has 122 valence electrons. The van der Waals surface area contributed by atoms with Crippen molar-refractivity contribution in [3.8, 4) is 5.69 Å². The summed E-state index contributed by atoms with van der Waals surface area (Å²) < 4.78 is 1.46. The molecule has 1 aliphatic rings. The van der Waals surface area contributed by atoms with Gasteiger partial charge >= 0.3 is 0 Å². The van der Waals surface area contributed by atoms with Gasteiger partial charge in [-0.2, -0.15) is 0 Å². The molecule has 0 saturated heterocycles. The Morgan fingerprint density at radius 1 is 1.25 bits per heavy atom. The number of aromatic nitrogens is 2. The van der Waals surface area contributed by atoms with Gasteiger partial charge in [-0.15, -0.1) is 0 Å². The first kappa shape index (κ1) is 15.8. The molecule has 2 aromatic rings. The lowest BCUT2D eigenvalue weighted by Crippen LogP contribution is -2.14. The van der Waals surface area contributed by atoms with Gasteiger partial charge in [0.25, 0.3) is 5.56 Å². The van der Waals surface area contributed by atoms with Gasteiger partial charge in [-0.1, -0.05) is 37.3 Å². The molecule has 1 aliphatic carbocycles. The molecule has 1 heterocycles. The maximum Gasteiger partial charge on any atom is 0.271 e. The van der Waals surface area contributed by atoms with Gasteiger partial charge in [-0.3, -0.25) is 14.7 Å². The second kappa shape index (κ2) is 6.58. The standard InChI is InChI=1S/C19H19N3O2/c1-13-3-2-4-14(6-5-13)11-16-12-18(23)22(21-16)17-9-7-15(8-10-17)19(20)24/h2-10,12-13,21H,11H2,1H3,(H2,20,24). The summed E-state index contributed by atoms with van der Waals surface area (Å²) in [5.41, 5.74) is 8.13. The number of carbonyl (C=O) groups excluding carboxylic acids is 1. The van der Waals surface area contributed by atoms with Gasteiger partial charge in [-0.05, 0) is 35.8 Å². The minimum Gasteiger partial charge on any atom is -0.366 e. The largest absolute Gasteiger partial charge is 0.366 e. The van der Waals surface area contributed by atoms with Crippen LogP contribution in [0, 0.1) is 5.92 Å². The monoisotopic (exact) mass is 321 g/mol. The molecule has 1 atom stereocenters. The van der Waals surface area contributed by atoms with Crippen LogP contribution in [-0.2, 0) is 6.42 Å². The van der Waals surface area contributed by atoms with Crippen LogP contribution < -0.4 is 11.3 Å². The summed E-state index contributed by atoms with van der Waals surface area (Å²) in [4.78, 5) is 23.3. The lowest BCUT2D eigenvalue weighted by molar-refractivity contribution is 0.100. The summed E-state index contributed by atoms with van der Waals surface area (Å²) in [6.07, 6.45) is 11.1. The zero-order chi connectivity index (χ0) is 17.1. The van der Waals surface area contributed by atoms with E-state index in [2.05, 4.69) is 36.3 Å². The summed E-state index contributed by atoms with van der Waals surface area (Å²) >= 11 is 0. The van der Waals surface area contributed by atoms with Gasteiger partial charge in [0.2, 0.25) is 5.91 Å². The molecule has 1 aromatic heterocycles. The fourth-order valence-corrected chi connectivity index (χ4v) is 2.59. The zero-order valence-corrected chi connectivity index (χ0v) is 13.4. The maximum absolute atomic E-state index is 12.2. The molecule has 0 spiro atoms. The number of hydrogen-bond donors (Lipinski definition) is 2. The van der Waals surface area contributed by atoms with Crippen LogP contribution >= 0.6 is 0 Å². The SMILES string of the molecule is CC1C=CC=C(Cc2cc(=O)n(-c3ccc(C(N)=O)cc3)[nH]2)C=C1. The van der Waals surface area contributed by atoms with Crippen molar-refractivity contribution in [3.63, 3.8) is 0 Å². The van der Waals surface area contributed by atoms with Crippen molar-refractivity contribution < 1.29 is 4.79 Å². The van der Waals surface area contributed by atoms with Gasteiger partial charge in [0.1, 0.15) is 0 Å². The number of nitrogens with two attached hydrogens (primary N) is 1. The molecule has 5 nitrogen and oxygen atoms in total. The quantitative estimate of drug-likeness (QED) is 0.907. The van der Waals surface area contributed by atoms with Crippen molar-refractivity contribution in [2.75, 3.05) is 0 Å². The average Bonchev–Trinajstić information content (AvgIpc) is 2.79. The lowest BCUT2D eigenvalue weighted by atomic mass is 10.1. The Morgan fingerprint density at radius 3 is 2.71 bits per heavy atom. The van der Waals surface area contributed by atoms with Crippen molar-refractivity contribution >= 4 is 5.91 Å². The second-order valence-corrected chi connectivity index (χ2v) is 5.89. The molecule has 0 saturated carbocycles. The number of rotatable bonds is 4. The van der Waals surface area contributed by atoms with E-state index in [1.807, 2.05) is 6.08 Å². The third-order valence-electron chi connectivity index (χ3n) is 3.92. The molecule has 0 aliphatic heterocycles. The molecule has 1 unspecified atom stereocenters. The molecule has 3 N–H and O–H groups in total. The summed E-state index contributed by atoms with van der Waals surface area (Å²) in [5.74, 6) is -0.0818. The lowest BCUT2D eigenvalue weighted by Gasteiger charge is -2.03. The second-order valence-electron chi connectivity index (χ2n) is 5.89. The van der Waals surface area contributed by atoms with E-state index < -0.39 is 5.91 Å². The number of nitrogens with one attached hydrogen (secondary N) is 1. The number of nitrogens with zero attached hydrogens (tertiary/aromatic N) is 1. The normalized spacial score (nSPS) is 16.7. The van der Waals surface area contributed by atoms with Gasteiger partial charge in [0, 0.05) is 23.7 Å². The minimum absolute atomic E-state index is 0.140. The van der Waals surface area contributed by atoms with Crippen LogP contribution in [0.4, 0.5) is 0 Å². The molecule has 5 heteroatoms. The number of amides is 1. The van der Waals surface area contributed by atoms with Crippen molar-refractivity contribution in [2.24, 2.45) is 11.7 Å². The molecule has 1 amide bonds. The molecule has 0 bridgehead atoms. The number of allylic oxidation sites excluding steroid dienone is 6. The topological polar surface area (TPSA) is 80.9 Å². The van der Waals surface area contributed by atoms with Crippen LogP contribution in [0.15, 0.2) is 71.1 Å². The first-order valence-electron chi connectivity index (χ1n) is 7.79. The smallest absolute Gasteiger partial charge is 0.271 e. The number of benzene rings is 1. The third kappa shape index (κ3) is 3.46. The number of H-pyrrole nitrogens is 1. The van der Waals surface area contributed by atoms with E-state index in [4.69, 9.17) is 5.73 Å². The Balaban J connectivity index is 1.84. The van der Waals surface area contributed by atoms with E-state index >= 15 is 0 Å². The Bertz CT molecular complexity index is 895. The Labute approximate surface area is 139 Å².